The minimum Gasteiger partial charge on any atom is -0.452 e. The van der Waals surface area contributed by atoms with Crippen LogP contribution in [0, 0.1) is 0 Å². The van der Waals surface area contributed by atoms with Gasteiger partial charge in [-0.3, -0.25) is 14.4 Å². The molecular weight excluding hydrogens is 450 g/mol. The number of nitrogens with one attached hydrogen (secondary N) is 2. The molecule has 0 aliphatic heterocycles. The topological polar surface area (TPSA) is 89.4 Å². The van der Waals surface area contributed by atoms with E-state index in [1.54, 1.807) is 0 Å². The van der Waals surface area contributed by atoms with Crippen molar-refractivity contribution in [3.05, 3.63) is 64.9 Å². The van der Waals surface area contributed by atoms with E-state index in [-0.39, 0.29) is 12.3 Å². The Bertz CT molecular complexity index is 1340. The molecule has 2 aromatic carbocycles. The fourth-order valence-electron chi connectivity index (χ4n) is 4.14. The molecular formula is C26H27N3O4S. The van der Waals surface area contributed by atoms with E-state index in [1.165, 1.54) is 25.2 Å². The highest BCUT2D eigenvalue weighted by molar-refractivity contribution is 7.10. The van der Waals surface area contributed by atoms with Gasteiger partial charge in [0.1, 0.15) is 0 Å². The summed E-state index contributed by atoms with van der Waals surface area (Å²) in [5.74, 6) is -1.22. The summed E-state index contributed by atoms with van der Waals surface area (Å²) in [7, 11) is 0. The van der Waals surface area contributed by atoms with E-state index in [9.17, 15) is 14.4 Å². The van der Waals surface area contributed by atoms with E-state index in [0.29, 0.717) is 5.69 Å². The van der Waals surface area contributed by atoms with Crippen LogP contribution in [-0.4, -0.2) is 28.5 Å². The van der Waals surface area contributed by atoms with Crippen molar-refractivity contribution < 1.29 is 19.1 Å². The second-order valence-electron chi connectivity index (χ2n) is 8.09. The van der Waals surface area contributed by atoms with Crippen molar-refractivity contribution in [2.24, 2.45) is 0 Å². The fraction of sp³-hybridized carbons (Fsp3) is 0.269. The molecule has 0 fully saturated rings. The number of esters is 1. The second kappa shape index (κ2) is 10.1. The van der Waals surface area contributed by atoms with Gasteiger partial charge in [0.2, 0.25) is 5.91 Å². The first-order valence-corrected chi connectivity index (χ1v) is 12.1. The third-order valence-electron chi connectivity index (χ3n) is 5.67. The van der Waals surface area contributed by atoms with Gasteiger partial charge in [0.25, 0.3) is 5.91 Å². The Hall–Kier alpha value is -3.65. The molecule has 2 aromatic heterocycles. The van der Waals surface area contributed by atoms with Crippen molar-refractivity contribution >= 4 is 56.6 Å². The molecule has 0 radical (unpaired) electrons. The standard InChI is InChI=1S/C26H27N3O4S/c1-4-29-22-9-6-5-8-19(22)20-14-18(11-12-23(20)29)28-26(32)16(2)33-25(31)15-21(27-17(3)30)24-10-7-13-34-24/h5-14,16,21H,4,15H2,1-3H3,(H,27,30)(H,28,32). The predicted octanol–water partition coefficient (Wildman–Crippen LogP) is 5.01. The number of ether oxygens (including phenoxy) is 1. The zero-order chi connectivity index (χ0) is 24.2. The van der Waals surface area contributed by atoms with E-state index in [1.807, 2.05) is 47.8 Å². The van der Waals surface area contributed by atoms with Crippen LogP contribution in [0.2, 0.25) is 0 Å². The van der Waals surface area contributed by atoms with Crippen LogP contribution >= 0.6 is 11.3 Å². The molecule has 0 bridgehead atoms. The number of carbonyl (C=O) groups is 3. The summed E-state index contributed by atoms with van der Waals surface area (Å²) in [6.45, 7) is 5.88. The summed E-state index contributed by atoms with van der Waals surface area (Å²) in [5.41, 5.74) is 2.87. The van der Waals surface area contributed by atoms with Gasteiger partial charge in [0.05, 0.1) is 12.5 Å². The summed E-state index contributed by atoms with van der Waals surface area (Å²) >= 11 is 1.44. The minimum atomic E-state index is -0.985. The molecule has 2 amide bonds. The molecule has 4 aromatic rings. The van der Waals surface area contributed by atoms with Gasteiger partial charge in [0.15, 0.2) is 6.10 Å². The summed E-state index contributed by atoms with van der Waals surface area (Å²) < 4.78 is 7.61. The van der Waals surface area contributed by atoms with Crippen LogP contribution in [0.25, 0.3) is 21.8 Å². The van der Waals surface area contributed by atoms with Gasteiger partial charge in [-0.15, -0.1) is 11.3 Å². The molecule has 2 unspecified atom stereocenters. The number of fused-ring (bicyclic) bond motifs is 3. The molecule has 34 heavy (non-hydrogen) atoms. The fourth-order valence-corrected chi connectivity index (χ4v) is 4.92. The predicted molar refractivity (Wildman–Crippen MR) is 135 cm³/mol. The number of nitrogens with zero attached hydrogens (tertiary/aromatic N) is 1. The van der Waals surface area contributed by atoms with Crippen molar-refractivity contribution in [1.82, 2.24) is 9.88 Å². The number of para-hydroxylation sites is 1. The second-order valence-corrected chi connectivity index (χ2v) is 9.07. The Kier molecular flexibility index (Phi) is 6.98. The van der Waals surface area contributed by atoms with Crippen LogP contribution < -0.4 is 10.6 Å². The molecule has 8 heteroatoms. The molecule has 2 atom stereocenters. The van der Waals surface area contributed by atoms with Gasteiger partial charge in [0, 0.05) is 45.8 Å². The number of hydrogen-bond donors (Lipinski definition) is 2. The highest BCUT2D eigenvalue weighted by Crippen LogP contribution is 2.31. The highest BCUT2D eigenvalue weighted by atomic mass is 32.1. The average Bonchev–Trinajstić information content (AvgIpc) is 3.44. The molecule has 4 rings (SSSR count). The van der Waals surface area contributed by atoms with E-state index in [4.69, 9.17) is 4.74 Å². The Labute approximate surface area is 201 Å². The number of carbonyl (C=O) groups excluding carboxylic acids is 3. The lowest BCUT2D eigenvalue weighted by Gasteiger charge is -2.18. The Morgan fingerprint density at radius 3 is 2.50 bits per heavy atom. The van der Waals surface area contributed by atoms with Gasteiger partial charge in [-0.25, -0.2) is 0 Å². The van der Waals surface area contributed by atoms with Crippen LogP contribution in [0.3, 0.4) is 0 Å². The van der Waals surface area contributed by atoms with Crippen molar-refractivity contribution in [2.45, 2.75) is 45.9 Å². The number of aryl methyl sites for hydroxylation is 1. The Morgan fingerprint density at radius 1 is 1.03 bits per heavy atom. The Balaban J connectivity index is 1.44. The third-order valence-corrected chi connectivity index (χ3v) is 6.65. The summed E-state index contributed by atoms with van der Waals surface area (Å²) in [5, 5.41) is 9.66. The molecule has 0 aliphatic rings. The molecule has 2 heterocycles. The molecule has 0 saturated heterocycles. The normalized spacial score (nSPS) is 12.9. The molecule has 0 spiro atoms. The molecule has 0 saturated carbocycles. The van der Waals surface area contributed by atoms with Gasteiger partial charge >= 0.3 is 5.97 Å². The lowest BCUT2D eigenvalue weighted by Crippen LogP contribution is -2.32. The number of aromatic nitrogens is 1. The van der Waals surface area contributed by atoms with Crippen LogP contribution in [-0.2, 0) is 25.7 Å². The first-order chi connectivity index (χ1) is 16.4. The third kappa shape index (κ3) is 4.97. The van der Waals surface area contributed by atoms with Gasteiger partial charge in [-0.2, -0.15) is 0 Å². The van der Waals surface area contributed by atoms with Crippen molar-refractivity contribution in [2.75, 3.05) is 5.32 Å². The number of anilines is 1. The van der Waals surface area contributed by atoms with E-state index in [2.05, 4.69) is 34.3 Å². The van der Waals surface area contributed by atoms with Crippen LogP contribution in [0.5, 0.6) is 0 Å². The van der Waals surface area contributed by atoms with Gasteiger partial charge in [-0.1, -0.05) is 24.3 Å². The first kappa shape index (κ1) is 23.5. The van der Waals surface area contributed by atoms with Crippen LogP contribution in [0.1, 0.15) is 38.1 Å². The van der Waals surface area contributed by atoms with Crippen molar-refractivity contribution in [3.63, 3.8) is 0 Å². The SMILES string of the molecule is CCn1c2ccccc2c2cc(NC(=O)C(C)OC(=O)CC(NC(C)=O)c3cccs3)ccc21. The lowest BCUT2D eigenvalue weighted by molar-refractivity contribution is -0.153. The van der Waals surface area contributed by atoms with Gasteiger partial charge < -0.3 is 19.9 Å². The van der Waals surface area contributed by atoms with Crippen molar-refractivity contribution in [3.8, 4) is 0 Å². The van der Waals surface area contributed by atoms with Crippen LogP contribution in [0.4, 0.5) is 5.69 Å². The minimum absolute atomic E-state index is 0.0554. The number of hydrogen-bond acceptors (Lipinski definition) is 5. The van der Waals surface area contributed by atoms with Crippen molar-refractivity contribution in [1.29, 1.82) is 0 Å². The summed E-state index contributed by atoms with van der Waals surface area (Å²) in [6.07, 6.45) is -1.04. The summed E-state index contributed by atoms with van der Waals surface area (Å²) in [6, 6.07) is 17.2. The maximum Gasteiger partial charge on any atom is 0.309 e. The number of benzene rings is 2. The van der Waals surface area contributed by atoms with E-state index >= 15 is 0 Å². The monoisotopic (exact) mass is 477 g/mol. The van der Waals surface area contributed by atoms with E-state index in [0.717, 1.165) is 33.2 Å². The lowest BCUT2D eigenvalue weighted by atomic mass is 10.1. The molecule has 0 aliphatic carbocycles. The van der Waals surface area contributed by atoms with E-state index < -0.39 is 24.0 Å². The Morgan fingerprint density at radius 2 is 1.79 bits per heavy atom. The zero-order valence-electron chi connectivity index (χ0n) is 19.3. The maximum absolute atomic E-state index is 12.7. The smallest absolute Gasteiger partial charge is 0.309 e. The average molecular weight is 478 g/mol. The maximum atomic E-state index is 12.7. The largest absolute Gasteiger partial charge is 0.452 e. The highest BCUT2D eigenvalue weighted by Gasteiger charge is 2.23. The molecule has 176 valence electrons. The zero-order valence-corrected chi connectivity index (χ0v) is 20.1. The first-order valence-electron chi connectivity index (χ1n) is 11.2. The molecule has 2 N–H and O–H groups in total. The number of thiophene rings is 1. The number of rotatable bonds is 8. The van der Waals surface area contributed by atoms with Gasteiger partial charge in [-0.05, 0) is 49.6 Å². The quantitative estimate of drug-likeness (QED) is 0.349. The molecule has 7 nitrogen and oxygen atoms in total. The van der Waals surface area contributed by atoms with Crippen LogP contribution in [0.15, 0.2) is 60.0 Å². The summed E-state index contributed by atoms with van der Waals surface area (Å²) in [4.78, 5) is 37.6. The number of amides is 2.